The molecule has 132 valence electrons. The summed E-state index contributed by atoms with van der Waals surface area (Å²) in [4.78, 5) is 15.7. The molecular formula is C21H16N4OS. The van der Waals surface area contributed by atoms with Crippen LogP contribution in [0.15, 0.2) is 70.1 Å². The highest BCUT2D eigenvalue weighted by Gasteiger charge is 2.23. The van der Waals surface area contributed by atoms with E-state index in [4.69, 9.17) is 5.26 Å². The highest BCUT2D eigenvalue weighted by molar-refractivity contribution is 8.03. The van der Waals surface area contributed by atoms with Crippen LogP contribution in [0.25, 0.3) is 5.57 Å². The fourth-order valence-electron chi connectivity index (χ4n) is 2.60. The summed E-state index contributed by atoms with van der Waals surface area (Å²) in [5, 5.41) is 22.3. The van der Waals surface area contributed by atoms with Crippen molar-refractivity contribution in [3.05, 3.63) is 76.3 Å². The number of hydrogen-bond donors (Lipinski definition) is 1. The molecule has 27 heavy (non-hydrogen) atoms. The van der Waals surface area contributed by atoms with Gasteiger partial charge in [-0.3, -0.25) is 4.79 Å². The lowest BCUT2D eigenvalue weighted by molar-refractivity contribution is -0.112. The molecule has 3 rings (SSSR count). The summed E-state index contributed by atoms with van der Waals surface area (Å²) in [7, 11) is 3.85. The summed E-state index contributed by atoms with van der Waals surface area (Å²) in [6.07, 6.45) is 1.86. The van der Waals surface area contributed by atoms with Crippen molar-refractivity contribution in [2.75, 3.05) is 19.4 Å². The van der Waals surface area contributed by atoms with E-state index in [0.717, 1.165) is 15.5 Å². The molecule has 1 N–H and O–H groups in total. The SMILES string of the molecule is CN(C)C1=C/C(=C(\C#N)C(=O)Nc2ccc(C#N)cc2)c2ccccc2S1. The molecule has 0 unspecified atom stereocenters. The average molecular weight is 372 g/mol. The lowest BCUT2D eigenvalue weighted by Gasteiger charge is -2.24. The second-order valence-electron chi connectivity index (χ2n) is 6.02. The van der Waals surface area contributed by atoms with Gasteiger partial charge in [-0.1, -0.05) is 30.0 Å². The first-order valence-electron chi connectivity index (χ1n) is 8.15. The van der Waals surface area contributed by atoms with Crippen LogP contribution < -0.4 is 5.32 Å². The highest BCUT2D eigenvalue weighted by atomic mass is 32.2. The van der Waals surface area contributed by atoms with Crippen LogP contribution in [0.5, 0.6) is 0 Å². The minimum Gasteiger partial charge on any atom is -0.372 e. The first-order chi connectivity index (χ1) is 13.0. The van der Waals surface area contributed by atoms with Crippen LogP contribution in [0.3, 0.4) is 0 Å². The fourth-order valence-corrected chi connectivity index (χ4v) is 3.62. The molecule has 0 spiro atoms. The van der Waals surface area contributed by atoms with Gasteiger partial charge < -0.3 is 10.2 Å². The molecule has 0 saturated heterocycles. The van der Waals surface area contributed by atoms with Crippen molar-refractivity contribution in [2.45, 2.75) is 4.90 Å². The van der Waals surface area contributed by atoms with Crippen LogP contribution in [0, 0.1) is 22.7 Å². The smallest absolute Gasteiger partial charge is 0.266 e. The predicted molar refractivity (Wildman–Crippen MR) is 106 cm³/mol. The summed E-state index contributed by atoms with van der Waals surface area (Å²) in [5.41, 5.74) is 2.54. The van der Waals surface area contributed by atoms with Crippen molar-refractivity contribution < 1.29 is 4.79 Å². The Morgan fingerprint density at radius 3 is 2.41 bits per heavy atom. The Labute approximate surface area is 162 Å². The van der Waals surface area contributed by atoms with Gasteiger partial charge in [-0.15, -0.1) is 0 Å². The number of thioether (sulfide) groups is 1. The average Bonchev–Trinajstić information content (AvgIpc) is 2.68. The number of rotatable bonds is 3. The molecule has 0 saturated carbocycles. The Balaban J connectivity index is 2.03. The zero-order valence-corrected chi connectivity index (χ0v) is 15.7. The van der Waals surface area contributed by atoms with Gasteiger partial charge in [0.05, 0.1) is 16.7 Å². The molecule has 5 nitrogen and oxygen atoms in total. The Morgan fingerprint density at radius 2 is 1.78 bits per heavy atom. The third-order valence-electron chi connectivity index (χ3n) is 3.98. The molecule has 0 fully saturated rings. The van der Waals surface area contributed by atoms with E-state index in [1.165, 1.54) is 0 Å². The maximum Gasteiger partial charge on any atom is 0.266 e. The number of nitrogens with one attached hydrogen (secondary N) is 1. The summed E-state index contributed by atoms with van der Waals surface area (Å²) < 4.78 is 0. The van der Waals surface area contributed by atoms with E-state index >= 15 is 0 Å². The highest BCUT2D eigenvalue weighted by Crippen LogP contribution is 2.41. The van der Waals surface area contributed by atoms with Crippen molar-refractivity contribution >= 4 is 28.9 Å². The van der Waals surface area contributed by atoms with E-state index in [9.17, 15) is 10.1 Å². The maximum absolute atomic E-state index is 12.8. The topological polar surface area (TPSA) is 79.9 Å². The lowest BCUT2D eigenvalue weighted by atomic mass is 9.99. The molecule has 0 aliphatic carbocycles. The summed E-state index contributed by atoms with van der Waals surface area (Å²) in [6.45, 7) is 0. The van der Waals surface area contributed by atoms with Gasteiger partial charge in [0.25, 0.3) is 5.91 Å². The Morgan fingerprint density at radius 1 is 1.07 bits per heavy atom. The number of benzene rings is 2. The Kier molecular flexibility index (Phi) is 5.30. The van der Waals surface area contributed by atoms with E-state index in [1.807, 2.05) is 55.4 Å². The van der Waals surface area contributed by atoms with Crippen LogP contribution >= 0.6 is 11.8 Å². The number of allylic oxidation sites excluding steroid dienone is 2. The van der Waals surface area contributed by atoms with Crippen molar-refractivity contribution in [3.8, 4) is 12.1 Å². The summed E-state index contributed by atoms with van der Waals surface area (Å²) in [6, 6.07) is 18.3. The Hall–Kier alpha value is -3.48. The minimum atomic E-state index is -0.478. The minimum absolute atomic E-state index is 0.0476. The first-order valence-corrected chi connectivity index (χ1v) is 8.97. The van der Waals surface area contributed by atoms with Gasteiger partial charge in [-0.2, -0.15) is 10.5 Å². The third-order valence-corrected chi connectivity index (χ3v) is 5.25. The number of carbonyl (C=O) groups excluding carboxylic acids is 1. The number of fused-ring (bicyclic) bond motifs is 1. The Bertz CT molecular complexity index is 1040. The number of hydrogen-bond acceptors (Lipinski definition) is 5. The van der Waals surface area contributed by atoms with Crippen LogP contribution in [0.1, 0.15) is 11.1 Å². The van der Waals surface area contributed by atoms with Gasteiger partial charge in [0, 0.05) is 30.3 Å². The molecule has 0 radical (unpaired) electrons. The van der Waals surface area contributed by atoms with Crippen LogP contribution in [-0.4, -0.2) is 24.9 Å². The number of carbonyl (C=O) groups is 1. The molecule has 2 aromatic rings. The number of nitriles is 2. The van der Waals surface area contributed by atoms with Gasteiger partial charge in [0.15, 0.2) is 0 Å². The molecule has 1 amide bonds. The molecule has 1 aliphatic rings. The molecule has 1 heterocycles. The predicted octanol–water partition coefficient (Wildman–Crippen LogP) is 3.98. The molecule has 0 bridgehead atoms. The van der Waals surface area contributed by atoms with E-state index < -0.39 is 5.91 Å². The second-order valence-corrected chi connectivity index (χ2v) is 7.08. The van der Waals surface area contributed by atoms with Crippen molar-refractivity contribution in [1.29, 1.82) is 10.5 Å². The van der Waals surface area contributed by atoms with Gasteiger partial charge >= 0.3 is 0 Å². The molecule has 6 heteroatoms. The van der Waals surface area contributed by atoms with Gasteiger partial charge in [0.2, 0.25) is 0 Å². The van der Waals surface area contributed by atoms with Crippen LogP contribution in [0.2, 0.25) is 0 Å². The van der Waals surface area contributed by atoms with E-state index in [0.29, 0.717) is 16.8 Å². The molecule has 2 aromatic carbocycles. The van der Waals surface area contributed by atoms with Gasteiger partial charge in [-0.05, 0) is 42.0 Å². The lowest BCUT2D eigenvalue weighted by Crippen LogP contribution is -2.17. The van der Waals surface area contributed by atoms with Crippen molar-refractivity contribution in [3.63, 3.8) is 0 Å². The van der Waals surface area contributed by atoms with E-state index in [1.54, 1.807) is 36.0 Å². The molecular weight excluding hydrogens is 356 g/mol. The van der Waals surface area contributed by atoms with Crippen molar-refractivity contribution in [2.24, 2.45) is 0 Å². The second kappa shape index (κ2) is 7.82. The van der Waals surface area contributed by atoms with Crippen LogP contribution in [-0.2, 0) is 4.79 Å². The normalized spacial score (nSPS) is 14.1. The largest absolute Gasteiger partial charge is 0.372 e. The quantitative estimate of drug-likeness (QED) is 0.651. The monoisotopic (exact) mass is 372 g/mol. The molecule has 0 atom stereocenters. The van der Waals surface area contributed by atoms with E-state index in [2.05, 4.69) is 11.4 Å². The van der Waals surface area contributed by atoms with Gasteiger partial charge in [0.1, 0.15) is 11.6 Å². The molecule has 0 aromatic heterocycles. The fraction of sp³-hybridized carbons (Fsp3) is 0.0952. The zero-order chi connectivity index (χ0) is 19.4. The maximum atomic E-state index is 12.8. The zero-order valence-electron chi connectivity index (χ0n) is 14.9. The number of nitrogens with zero attached hydrogens (tertiary/aromatic N) is 3. The third kappa shape index (κ3) is 3.87. The number of amides is 1. The molecule has 1 aliphatic heterocycles. The summed E-state index contributed by atoms with van der Waals surface area (Å²) in [5.74, 6) is -0.478. The summed E-state index contributed by atoms with van der Waals surface area (Å²) >= 11 is 1.60. The first kappa shape index (κ1) is 18.3. The number of anilines is 1. The van der Waals surface area contributed by atoms with Gasteiger partial charge in [-0.25, -0.2) is 0 Å². The van der Waals surface area contributed by atoms with Crippen molar-refractivity contribution in [1.82, 2.24) is 4.90 Å². The van der Waals surface area contributed by atoms with Crippen LogP contribution in [0.4, 0.5) is 5.69 Å². The van der Waals surface area contributed by atoms with E-state index in [-0.39, 0.29) is 5.57 Å². The standard InChI is InChI=1S/C21H16N4OS/c1-25(2)20-11-17(16-5-3-4-6-19(16)27-20)18(13-23)21(26)24-15-9-7-14(12-22)8-10-15/h3-11H,1-2H3,(H,24,26)/b18-17-.